The lowest BCUT2D eigenvalue weighted by molar-refractivity contribution is -0.122. The Balaban J connectivity index is 2.71. The Hall–Kier alpha value is -1.29. The molecule has 1 unspecified atom stereocenters. The van der Waals surface area contributed by atoms with Gasteiger partial charge in [0, 0.05) is 12.1 Å². The Bertz CT molecular complexity index is 402. The van der Waals surface area contributed by atoms with E-state index in [4.69, 9.17) is 10.2 Å². The molecule has 1 aromatic rings. The molecule has 1 amide bonds. The van der Waals surface area contributed by atoms with Crippen molar-refractivity contribution in [2.45, 2.75) is 47.2 Å². The standard InChI is InChI=1S/C13H22N2O2/c1-8-6-10(9(2)17-8)7-15-11(12(14)16)13(3,4)5/h6,11,15H,7H2,1-5H3,(H2,14,16). The number of hydrogen-bond acceptors (Lipinski definition) is 3. The lowest BCUT2D eigenvalue weighted by atomic mass is 9.86. The average Bonchev–Trinajstić information content (AvgIpc) is 2.42. The van der Waals surface area contributed by atoms with Gasteiger partial charge in [-0.1, -0.05) is 20.8 Å². The molecular formula is C13H22N2O2. The highest BCUT2D eigenvalue weighted by atomic mass is 16.3. The number of hydrogen-bond donors (Lipinski definition) is 2. The molecule has 3 N–H and O–H groups in total. The first-order valence-corrected chi connectivity index (χ1v) is 5.80. The second kappa shape index (κ2) is 4.92. The largest absolute Gasteiger partial charge is 0.466 e. The van der Waals surface area contributed by atoms with E-state index < -0.39 is 0 Å². The highest BCUT2D eigenvalue weighted by Gasteiger charge is 2.29. The van der Waals surface area contributed by atoms with Crippen LogP contribution in [0.15, 0.2) is 10.5 Å². The number of nitrogens with two attached hydrogens (primary N) is 1. The van der Waals surface area contributed by atoms with Crippen molar-refractivity contribution in [3.63, 3.8) is 0 Å². The number of carbonyl (C=O) groups excluding carboxylic acids is 1. The molecule has 0 aliphatic carbocycles. The first-order valence-electron chi connectivity index (χ1n) is 5.80. The van der Waals surface area contributed by atoms with Gasteiger partial charge >= 0.3 is 0 Å². The summed E-state index contributed by atoms with van der Waals surface area (Å²) in [6.07, 6.45) is 0. The number of furan rings is 1. The molecule has 0 saturated heterocycles. The van der Waals surface area contributed by atoms with Crippen molar-refractivity contribution >= 4 is 5.91 Å². The predicted octanol–water partition coefficient (Wildman–Crippen LogP) is 1.89. The molecule has 0 saturated carbocycles. The van der Waals surface area contributed by atoms with Gasteiger partial charge < -0.3 is 15.5 Å². The van der Waals surface area contributed by atoms with Crippen LogP contribution < -0.4 is 11.1 Å². The summed E-state index contributed by atoms with van der Waals surface area (Å²) in [5.74, 6) is 1.44. The van der Waals surface area contributed by atoms with E-state index >= 15 is 0 Å². The molecule has 0 fully saturated rings. The Labute approximate surface area is 103 Å². The lowest BCUT2D eigenvalue weighted by Crippen LogP contribution is -2.49. The minimum atomic E-state index is -0.350. The lowest BCUT2D eigenvalue weighted by Gasteiger charge is -2.28. The van der Waals surface area contributed by atoms with Gasteiger partial charge in [0.15, 0.2) is 0 Å². The van der Waals surface area contributed by atoms with Crippen molar-refractivity contribution in [2.75, 3.05) is 0 Å². The van der Waals surface area contributed by atoms with Crippen LogP contribution in [0.2, 0.25) is 0 Å². The fraction of sp³-hybridized carbons (Fsp3) is 0.615. The van der Waals surface area contributed by atoms with E-state index in [2.05, 4.69) is 5.32 Å². The summed E-state index contributed by atoms with van der Waals surface area (Å²) in [5.41, 5.74) is 6.28. The number of carbonyl (C=O) groups is 1. The first kappa shape index (κ1) is 13.8. The highest BCUT2D eigenvalue weighted by molar-refractivity contribution is 5.80. The van der Waals surface area contributed by atoms with Gasteiger partial charge in [0.2, 0.25) is 5.91 Å². The maximum Gasteiger partial charge on any atom is 0.235 e. The molecule has 1 atom stereocenters. The van der Waals surface area contributed by atoms with E-state index in [0.29, 0.717) is 6.54 Å². The zero-order valence-electron chi connectivity index (χ0n) is 11.3. The smallest absolute Gasteiger partial charge is 0.235 e. The Morgan fingerprint density at radius 1 is 1.47 bits per heavy atom. The molecule has 0 bridgehead atoms. The Morgan fingerprint density at radius 3 is 2.41 bits per heavy atom. The topological polar surface area (TPSA) is 68.3 Å². The molecule has 96 valence electrons. The van der Waals surface area contributed by atoms with Gasteiger partial charge in [-0.05, 0) is 25.3 Å². The van der Waals surface area contributed by atoms with Crippen LogP contribution in [0.1, 0.15) is 37.9 Å². The van der Waals surface area contributed by atoms with Crippen LogP contribution in [0.4, 0.5) is 0 Å². The SMILES string of the molecule is Cc1cc(CNC(C(N)=O)C(C)(C)C)c(C)o1. The molecule has 4 nitrogen and oxygen atoms in total. The van der Waals surface area contributed by atoms with Crippen molar-refractivity contribution in [1.82, 2.24) is 5.32 Å². The number of aryl methyl sites for hydroxylation is 2. The van der Waals surface area contributed by atoms with Gasteiger partial charge in [-0.25, -0.2) is 0 Å². The summed E-state index contributed by atoms with van der Waals surface area (Å²) >= 11 is 0. The third-order valence-corrected chi connectivity index (χ3v) is 2.79. The van der Waals surface area contributed by atoms with Crippen molar-refractivity contribution in [1.29, 1.82) is 0 Å². The molecule has 0 aromatic carbocycles. The van der Waals surface area contributed by atoms with E-state index in [1.807, 2.05) is 40.7 Å². The molecule has 17 heavy (non-hydrogen) atoms. The Kier molecular flexibility index (Phi) is 3.98. The third kappa shape index (κ3) is 3.60. The van der Waals surface area contributed by atoms with E-state index in [0.717, 1.165) is 17.1 Å². The van der Waals surface area contributed by atoms with Gasteiger partial charge in [-0.15, -0.1) is 0 Å². The van der Waals surface area contributed by atoms with Crippen LogP contribution in [-0.2, 0) is 11.3 Å². The van der Waals surface area contributed by atoms with Crippen molar-refractivity contribution in [3.05, 3.63) is 23.2 Å². The molecule has 0 aliphatic rings. The fourth-order valence-corrected chi connectivity index (χ4v) is 1.90. The molecule has 1 aromatic heterocycles. The molecule has 0 spiro atoms. The van der Waals surface area contributed by atoms with Gasteiger partial charge in [0.25, 0.3) is 0 Å². The zero-order valence-corrected chi connectivity index (χ0v) is 11.3. The van der Waals surface area contributed by atoms with Crippen LogP contribution in [0.3, 0.4) is 0 Å². The molecule has 0 radical (unpaired) electrons. The summed E-state index contributed by atoms with van der Waals surface area (Å²) in [6.45, 7) is 10.4. The maximum atomic E-state index is 11.4. The monoisotopic (exact) mass is 238 g/mol. The van der Waals surface area contributed by atoms with Crippen LogP contribution >= 0.6 is 0 Å². The van der Waals surface area contributed by atoms with Crippen LogP contribution in [0.5, 0.6) is 0 Å². The summed E-state index contributed by atoms with van der Waals surface area (Å²) in [6, 6.07) is 1.63. The summed E-state index contributed by atoms with van der Waals surface area (Å²) < 4.78 is 5.44. The van der Waals surface area contributed by atoms with Crippen LogP contribution in [0.25, 0.3) is 0 Å². The first-order chi connectivity index (χ1) is 7.71. The van der Waals surface area contributed by atoms with Crippen molar-refractivity contribution in [2.24, 2.45) is 11.1 Å². The van der Waals surface area contributed by atoms with Crippen LogP contribution in [-0.4, -0.2) is 11.9 Å². The highest BCUT2D eigenvalue weighted by Crippen LogP contribution is 2.20. The van der Waals surface area contributed by atoms with Gasteiger partial charge in [-0.2, -0.15) is 0 Å². The van der Waals surface area contributed by atoms with Crippen LogP contribution in [0, 0.1) is 19.3 Å². The van der Waals surface area contributed by atoms with Gasteiger partial charge in [-0.3, -0.25) is 4.79 Å². The molecule has 1 rings (SSSR count). The second-order valence-corrected chi connectivity index (χ2v) is 5.52. The number of nitrogens with one attached hydrogen (secondary N) is 1. The number of amides is 1. The fourth-order valence-electron chi connectivity index (χ4n) is 1.90. The van der Waals surface area contributed by atoms with Crippen molar-refractivity contribution < 1.29 is 9.21 Å². The number of primary amides is 1. The minimum absolute atomic E-state index is 0.196. The van der Waals surface area contributed by atoms with Gasteiger partial charge in [0.1, 0.15) is 11.5 Å². The maximum absolute atomic E-state index is 11.4. The summed E-state index contributed by atoms with van der Waals surface area (Å²) in [5, 5.41) is 3.20. The second-order valence-electron chi connectivity index (χ2n) is 5.52. The molecular weight excluding hydrogens is 216 g/mol. The predicted molar refractivity (Wildman–Crippen MR) is 67.5 cm³/mol. The normalized spacial score (nSPS) is 13.7. The van der Waals surface area contributed by atoms with E-state index in [9.17, 15) is 4.79 Å². The third-order valence-electron chi connectivity index (χ3n) is 2.79. The van der Waals surface area contributed by atoms with E-state index in [-0.39, 0.29) is 17.4 Å². The quantitative estimate of drug-likeness (QED) is 0.841. The zero-order chi connectivity index (χ0) is 13.2. The molecule has 0 aliphatic heterocycles. The van der Waals surface area contributed by atoms with Gasteiger partial charge in [0.05, 0.1) is 6.04 Å². The van der Waals surface area contributed by atoms with E-state index in [1.54, 1.807) is 0 Å². The minimum Gasteiger partial charge on any atom is -0.466 e. The average molecular weight is 238 g/mol. The molecule has 1 heterocycles. The van der Waals surface area contributed by atoms with E-state index in [1.165, 1.54) is 0 Å². The Morgan fingerprint density at radius 2 is 2.06 bits per heavy atom. The number of rotatable bonds is 4. The summed E-state index contributed by atoms with van der Waals surface area (Å²) in [7, 11) is 0. The summed E-state index contributed by atoms with van der Waals surface area (Å²) in [4.78, 5) is 11.4. The van der Waals surface area contributed by atoms with Crippen molar-refractivity contribution in [3.8, 4) is 0 Å². The molecule has 4 heteroatoms.